The smallest absolute Gasteiger partial charge is 0.0950 e. The van der Waals surface area contributed by atoms with Gasteiger partial charge in [0.05, 0.1) is 12.0 Å². The van der Waals surface area contributed by atoms with Crippen LogP contribution in [-0.4, -0.2) is 9.55 Å². The van der Waals surface area contributed by atoms with Crippen molar-refractivity contribution in [2.24, 2.45) is 5.73 Å². The summed E-state index contributed by atoms with van der Waals surface area (Å²) >= 11 is 0. The Bertz CT molecular complexity index is 411. The number of rotatable bonds is 4. The fourth-order valence-corrected chi connectivity index (χ4v) is 1.54. The maximum atomic E-state index is 5.49. The Labute approximate surface area is 102 Å². The topological polar surface area (TPSA) is 43.8 Å². The first-order valence-electron chi connectivity index (χ1n) is 5.13. The molecule has 0 atom stereocenters. The second kappa shape index (κ2) is 6.30. The second-order valence-corrected chi connectivity index (χ2v) is 3.54. The van der Waals surface area contributed by atoms with E-state index in [-0.39, 0.29) is 12.4 Å². The SMILES string of the molecule is Cl.NCc1cn(CCc2ccccc2)cn1. The van der Waals surface area contributed by atoms with Crippen LogP contribution in [0.2, 0.25) is 0 Å². The molecule has 16 heavy (non-hydrogen) atoms. The molecular weight excluding hydrogens is 222 g/mol. The molecule has 86 valence electrons. The van der Waals surface area contributed by atoms with Crippen molar-refractivity contribution in [3.05, 3.63) is 54.1 Å². The number of aromatic nitrogens is 2. The lowest BCUT2D eigenvalue weighted by Crippen LogP contribution is -1.99. The first-order valence-corrected chi connectivity index (χ1v) is 5.13. The van der Waals surface area contributed by atoms with Crippen molar-refractivity contribution in [3.8, 4) is 0 Å². The molecule has 0 aliphatic heterocycles. The lowest BCUT2D eigenvalue weighted by atomic mass is 10.1. The van der Waals surface area contributed by atoms with E-state index >= 15 is 0 Å². The summed E-state index contributed by atoms with van der Waals surface area (Å²) < 4.78 is 2.08. The summed E-state index contributed by atoms with van der Waals surface area (Å²) in [5.41, 5.74) is 7.79. The van der Waals surface area contributed by atoms with E-state index in [1.165, 1.54) is 5.56 Å². The Hall–Kier alpha value is -1.32. The first kappa shape index (κ1) is 12.7. The fourth-order valence-electron chi connectivity index (χ4n) is 1.54. The minimum Gasteiger partial charge on any atom is -0.337 e. The molecule has 0 spiro atoms. The highest BCUT2D eigenvalue weighted by atomic mass is 35.5. The van der Waals surface area contributed by atoms with Gasteiger partial charge in [-0.25, -0.2) is 4.98 Å². The van der Waals surface area contributed by atoms with Crippen LogP contribution < -0.4 is 5.73 Å². The zero-order valence-electron chi connectivity index (χ0n) is 9.04. The molecule has 1 aromatic heterocycles. The van der Waals surface area contributed by atoms with E-state index in [1.807, 2.05) is 18.6 Å². The Kier molecular flexibility index (Phi) is 5.02. The van der Waals surface area contributed by atoms with Gasteiger partial charge >= 0.3 is 0 Å². The Morgan fingerprint density at radius 1 is 1.19 bits per heavy atom. The Morgan fingerprint density at radius 3 is 2.56 bits per heavy atom. The van der Waals surface area contributed by atoms with Crippen LogP contribution in [0.15, 0.2) is 42.9 Å². The van der Waals surface area contributed by atoms with Crippen molar-refractivity contribution < 1.29 is 0 Å². The Balaban J connectivity index is 0.00000128. The van der Waals surface area contributed by atoms with E-state index in [0.717, 1.165) is 18.7 Å². The van der Waals surface area contributed by atoms with Crippen LogP contribution >= 0.6 is 12.4 Å². The average molecular weight is 238 g/mol. The summed E-state index contributed by atoms with van der Waals surface area (Å²) in [6.07, 6.45) is 4.87. The number of imidazole rings is 1. The lowest BCUT2D eigenvalue weighted by Gasteiger charge is -2.01. The predicted octanol–water partition coefficient (Wildman–Crippen LogP) is 2.01. The van der Waals surface area contributed by atoms with E-state index in [9.17, 15) is 0 Å². The number of nitrogens with zero attached hydrogens (tertiary/aromatic N) is 2. The molecule has 2 N–H and O–H groups in total. The van der Waals surface area contributed by atoms with Gasteiger partial charge in [-0.3, -0.25) is 0 Å². The van der Waals surface area contributed by atoms with Crippen LogP contribution in [0.1, 0.15) is 11.3 Å². The molecule has 1 aromatic carbocycles. The molecule has 0 bridgehead atoms. The Morgan fingerprint density at radius 2 is 1.94 bits per heavy atom. The number of hydrogen-bond donors (Lipinski definition) is 1. The van der Waals surface area contributed by atoms with Gasteiger partial charge in [0.15, 0.2) is 0 Å². The highest BCUT2D eigenvalue weighted by Gasteiger charge is 1.96. The van der Waals surface area contributed by atoms with Gasteiger partial charge in [-0.1, -0.05) is 30.3 Å². The summed E-state index contributed by atoms with van der Waals surface area (Å²) in [5.74, 6) is 0. The van der Waals surface area contributed by atoms with E-state index in [4.69, 9.17) is 5.73 Å². The van der Waals surface area contributed by atoms with Crippen molar-refractivity contribution in [2.75, 3.05) is 0 Å². The summed E-state index contributed by atoms with van der Waals surface area (Å²) in [4.78, 5) is 4.18. The molecule has 2 rings (SSSR count). The fraction of sp³-hybridized carbons (Fsp3) is 0.250. The molecule has 0 fully saturated rings. The summed E-state index contributed by atoms with van der Waals surface area (Å²) in [6, 6.07) is 10.4. The zero-order valence-corrected chi connectivity index (χ0v) is 9.86. The largest absolute Gasteiger partial charge is 0.337 e. The third-order valence-corrected chi connectivity index (χ3v) is 2.40. The number of halogens is 1. The van der Waals surface area contributed by atoms with Crippen LogP contribution in [0.3, 0.4) is 0 Å². The molecule has 0 saturated heterocycles. The van der Waals surface area contributed by atoms with Crippen LogP contribution in [0.4, 0.5) is 0 Å². The number of benzene rings is 1. The van der Waals surface area contributed by atoms with Crippen LogP contribution in [-0.2, 0) is 19.5 Å². The lowest BCUT2D eigenvalue weighted by molar-refractivity contribution is 0.695. The zero-order chi connectivity index (χ0) is 10.5. The van der Waals surface area contributed by atoms with E-state index in [1.54, 1.807) is 0 Å². The quantitative estimate of drug-likeness (QED) is 0.884. The minimum absolute atomic E-state index is 0. The summed E-state index contributed by atoms with van der Waals surface area (Å²) in [7, 11) is 0. The number of aryl methyl sites for hydroxylation is 2. The van der Waals surface area contributed by atoms with E-state index < -0.39 is 0 Å². The molecule has 0 unspecified atom stereocenters. The van der Waals surface area contributed by atoms with Crippen molar-refractivity contribution >= 4 is 12.4 Å². The molecule has 1 heterocycles. The molecule has 2 aromatic rings. The maximum absolute atomic E-state index is 5.49. The van der Waals surface area contributed by atoms with Gasteiger partial charge < -0.3 is 10.3 Å². The molecule has 0 aliphatic carbocycles. The number of nitrogens with two attached hydrogens (primary N) is 1. The molecular formula is C12H16ClN3. The highest BCUT2D eigenvalue weighted by Crippen LogP contribution is 2.02. The molecule has 3 nitrogen and oxygen atoms in total. The normalized spacial score (nSPS) is 9.81. The summed E-state index contributed by atoms with van der Waals surface area (Å²) in [5, 5.41) is 0. The predicted molar refractivity (Wildman–Crippen MR) is 67.5 cm³/mol. The molecule has 0 saturated carbocycles. The third kappa shape index (κ3) is 3.36. The van der Waals surface area contributed by atoms with Gasteiger partial charge in [0.2, 0.25) is 0 Å². The van der Waals surface area contributed by atoms with Gasteiger partial charge in [-0.15, -0.1) is 12.4 Å². The van der Waals surface area contributed by atoms with Gasteiger partial charge in [0.1, 0.15) is 0 Å². The molecule has 0 radical (unpaired) electrons. The highest BCUT2D eigenvalue weighted by molar-refractivity contribution is 5.85. The van der Waals surface area contributed by atoms with Crippen molar-refractivity contribution in [1.29, 1.82) is 0 Å². The maximum Gasteiger partial charge on any atom is 0.0950 e. The average Bonchev–Trinajstić information content (AvgIpc) is 2.76. The van der Waals surface area contributed by atoms with Crippen molar-refractivity contribution in [3.63, 3.8) is 0 Å². The second-order valence-electron chi connectivity index (χ2n) is 3.54. The molecule has 4 heteroatoms. The minimum atomic E-state index is 0. The van der Waals surface area contributed by atoms with Crippen LogP contribution in [0, 0.1) is 0 Å². The van der Waals surface area contributed by atoms with Gasteiger partial charge in [-0.2, -0.15) is 0 Å². The van der Waals surface area contributed by atoms with Crippen molar-refractivity contribution in [2.45, 2.75) is 19.5 Å². The monoisotopic (exact) mass is 237 g/mol. The summed E-state index contributed by atoms with van der Waals surface area (Å²) in [6.45, 7) is 1.47. The van der Waals surface area contributed by atoms with Gasteiger partial charge in [0, 0.05) is 19.3 Å². The van der Waals surface area contributed by atoms with Crippen LogP contribution in [0.25, 0.3) is 0 Å². The van der Waals surface area contributed by atoms with Crippen molar-refractivity contribution in [1.82, 2.24) is 9.55 Å². The van der Waals surface area contributed by atoms with E-state index in [0.29, 0.717) is 6.54 Å². The van der Waals surface area contributed by atoms with E-state index in [2.05, 4.69) is 33.8 Å². The van der Waals surface area contributed by atoms with Gasteiger partial charge in [0.25, 0.3) is 0 Å². The number of hydrogen-bond acceptors (Lipinski definition) is 2. The molecule has 0 amide bonds. The third-order valence-electron chi connectivity index (χ3n) is 2.40. The van der Waals surface area contributed by atoms with Crippen LogP contribution in [0.5, 0.6) is 0 Å². The molecule has 0 aliphatic rings. The standard InChI is InChI=1S/C12H15N3.ClH/c13-8-12-9-15(10-14-12)7-6-11-4-2-1-3-5-11;/h1-5,9-10H,6-8,13H2;1H. The van der Waals surface area contributed by atoms with Gasteiger partial charge in [-0.05, 0) is 12.0 Å². The first-order chi connectivity index (χ1) is 7.38.